The van der Waals surface area contributed by atoms with Crippen LogP contribution in [0.2, 0.25) is 0 Å². The molecule has 0 saturated carbocycles. The second-order valence-corrected chi connectivity index (χ2v) is 3.69. The molecule has 5 nitrogen and oxygen atoms in total. The Morgan fingerprint density at radius 1 is 1.24 bits per heavy atom. The molecule has 0 amide bonds. The smallest absolute Gasteiger partial charge is 0.215 e. The number of aliphatic hydroxyl groups is 1. The van der Waals surface area contributed by atoms with Crippen molar-refractivity contribution in [3.63, 3.8) is 0 Å². The molecule has 2 aromatic rings. The van der Waals surface area contributed by atoms with Gasteiger partial charge >= 0.3 is 0 Å². The average molecular weight is 234 g/mol. The number of nitrogens with two attached hydrogens (primary N) is 2. The Bertz CT molecular complexity index is 462. The van der Waals surface area contributed by atoms with Gasteiger partial charge in [-0.15, -0.1) is 0 Å². The number of benzene rings is 1. The van der Waals surface area contributed by atoms with E-state index in [0.717, 1.165) is 5.56 Å². The minimum absolute atomic E-state index is 0.205. The van der Waals surface area contributed by atoms with Crippen molar-refractivity contribution in [2.24, 2.45) is 0 Å². The number of anilines is 2. The Balaban J connectivity index is 1.98. The summed E-state index contributed by atoms with van der Waals surface area (Å²) >= 11 is 0. The van der Waals surface area contributed by atoms with Crippen LogP contribution in [0.25, 0.3) is 0 Å². The van der Waals surface area contributed by atoms with Gasteiger partial charge in [0.05, 0.1) is 12.9 Å². The SMILES string of the molecule is Nc1cc(N)cc(COC(O)c2ccco2)c1. The van der Waals surface area contributed by atoms with Crippen LogP contribution in [0.5, 0.6) is 0 Å². The van der Waals surface area contributed by atoms with E-state index in [1.54, 1.807) is 30.3 Å². The molecule has 17 heavy (non-hydrogen) atoms. The fraction of sp³-hybridized carbons (Fsp3) is 0.167. The number of ether oxygens (including phenoxy) is 1. The van der Waals surface area contributed by atoms with E-state index in [9.17, 15) is 5.11 Å². The highest BCUT2D eigenvalue weighted by Crippen LogP contribution is 2.19. The lowest BCUT2D eigenvalue weighted by molar-refractivity contribution is -0.123. The molecule has 5 N–H and O–H groups in total. The van der Waals surface area contributed by atoms with Crippen LogP contribution in [0.15, 0.2) is 41.0 Å². The van der Waals surface area contributed by atoms with E-state index in [1.807, 2.05) is 0 Å². The summed E-state index contributed by atoms with van der Waals surface area (Å²) in [6.07, 6.45) is 0.382. The summed E-state index contributed by atoms with van der Waals surface area (Å²) in [5.41, 5.74) is 13.2. The van der Waals surface area contributed by atoms with Crippen LogP contribution in [-0.4, -0.2) is 5.11 Å². The molecule has 2 rings (SSSR count). The minimum Gasteiger partial charge on any atom is -0.464 e. The molecule has 0 saturated heterocycles. The maximum absolute atomic E-state index is 9.63. The first kappa shape index (κ1) is 11.5. The van der Waals surface area contributed by atoms with Gasteiger partial charge in [0.1, 0.15) is 0 Å². The van der Waals surface area contributed by atoms with Crippen molar-refractivity contribution >= 4 is 11.4 Å². The predicted octanol–water partition coefficient (Wildman–Crippen LogP) is 1.65. The van der Waals surface area contributed by atoms with Gasteiger partial charge in [0.15, 0.2) is 5.76 Å². The summed E-state index contributed by atoms with van der Waals surface area (Å²) < 4.78 is 10.2. The van der Waals surface area contributed by atoms with Crippen molar-refractivity contribution < 1.29 is 14.3 Å². The Kier molecular flexibility index (Phi) is 3.32. The number of nitrogen functional groups attached to an aromatic ring is 2. The molecular formula is C12H14N2O3. The van der Waals surface area contributed by atoms with Crippen molar-refractivity contribution in [3.05, 3.63) is 47.9 Å². The monoisotopic (exact) mass is 234 g/mol. The quantitative estimate of drug-likeness (QED) is 0.552. The lowest BCUT2D eigenvalue weighted by atomic mass is 10.2. The molecule has 0 radical (unpaired) electrons. The van der Waals surface area contributed by atoms with Gasteiger partial charge in [-0.25, -0.2) is 0 Å². The molecule has 0 aliphatic heterocycles. The van der Waals surface area contributed by atoms with Crippen LogP contribution in [0.3, 0.4) is 0 Å². The lowest BCUT2D eigenvalue weighted by Gasteiger charge is -2.10. The Morgan fingerprint density at radius 2 is 1.94 bits per heavy atom. The van der Waals surface area contributed by atoms with Gasteiger partial charge in [0.25, 0.3) is 0 Å². The third kappa shape index (κ3) is 2.99. The Labute approximate surface area is 98.6 Å². The largest absolute Gasteiger partial charge is 0.464 e. The first-order chi connectivity index (χ1) is 8.15. The molecule has 5 heteroatoms. The van der Waals surface area contributed by atoms with Crippen molar-refractivity contribution in [2.75, 3.05) is 11.5 Å². The van der Waals surface area contributed by atoms with Gasteiger partial charge in [0, 0.05) is 11.4 Å². The molecule has 1 atom stereocenters. The summed E-state index contributed by atoms with van der Waals surface area (Å²) in [6, 6.07) is 8.46. The third-order valence-electron chi connectivity index (χ3n) is 2.23. The van der Waals surface area contributed by atoms with Gasteiger partial charge in [0.2, 0.25) is 6.29 Å². The number of rotatable bonds is 4. The highest BCUT2D eigenvalue weighted by atomic mass is 16.6. The molecule has 0 aliphatic carbocycles. The molecule has 0 spiro atoms. The summed E-state index contributed by atoms with van der Waals surface area (Å²) in [5.74, 6) is 0.363. The topological polar surface area (TPSA) is 94.6 Å². The predicted molar refractivity (Wildman–Crippen MR) is 63.7 cm³/mol. The summed E-state index contributed by atoms with van der Waals surface area (Å²) in [7, 11) is 0. The van der Waals surface area contributed by atoms with Gasteiger partial charge in [-0.1, -0.05) is 0 Å². The van der Waals surface area contributed by atoms with Crippen LogP contribution >= 0.6 is 0 Å². The van der Waals surface area contributed by atoms with Gasteiger partial charge < -0.3 is 25.7 Å². The zero-order chi connectivity index (χ0) is 12.3. The normalized spacial score (nSPS) is 12.5. The van der Waals surface area contributed by atoms with Crippen LogP contribution in [0, 0.1) is 0 Å². The molecule has 90 valence electrons. The van der Waals surface area contributed by atoms with E-state index >= 15 is 0 Å². The number of furan rings is 1. The minimum atomic E-state index is -1.09. The van der Waals surface area contributed by atoms with Crippen molar-refractivity contribution in [2.45, 2.75) is 12.9 Å². The highest BCUT2D eigenvalue weighted by Gasteiger charge is 2.10. The van der Waals surface area contributed by atoms with E-state index in [-0.39, 0.29) is 6.61 Å². The molecule has 0 bridgehead atoms. The van der Waals surface area contributed by atoms with Crippen LogP contribution < -0.4 is 11.5 Å². The second kappa shape index (κ2) is 4.90. The van der Waals surface area contributed by atoms with E-state index < -0.39 is 6.29 Å². The van der Waals surface area contributed by atoms with Crippen LogP contribution in [0.1, 0.15) is 17.6 Å². The Hall–Kier alpha value is -1.98. The molecule has 0 aliphatic rings. The van der Waals surface area contributed by atoms with Crippen LogP contribution in [0.4, 0.5) is 11.4 Å². The Morgan fingerprint density at radius 3 is 2.53 bits per heavy atom. The lowest BCUT2D eigenvalue weighted by Crippen LogP contribution is -2.03. The van der Waals surface area contributed by atoms with Crippen molar-refractivity contribution in [3.8, 4) is 0 Å². The fourth-order valence-electron chi connectivity index (χ4n) is 1.52. The fourth-order valence-corrected chi connectivity index (χ4v) is 1.52. The molecule has 1 aromatic heterocycles. The summed E-state index contributed by atoms with van der Waals surface area (Å²) in [5, 5.41) is 9.63. The third-order valence-corrected chi connectivity index (χ3v) is 2.23. The van der Waals surface area contributed by atoms with Gasteiger partial charge in [-0.3, -0.25) is 0 Å². The highest BCUT2D eigenvalue weighted by molar-refractivity contribution is 5.54. The molecule has 0 fully saturated rings. The van der Waals surface area contributed by atoms with Gasteiger partial charge in [-0.2, -0.15) is 0 Å². The second-order valence-electron chi connectivity index (χ2n) is 3.69. The zero-order valence-corrected chi connectivity index (χ0v) is 9.17. The number of hydrogen-bond donors (Lipinski definition) is 3. The van der Waals surface area contributed by atoms with E-state index in [2.05, 4.69) is 0 Å². The van der Waals surface area contributed by atoms with Gasteiger partial charge in [-0.05, 0) is 35.9 Å². The molecule has 1 unspecified atom stereocenters. The van der Waals surface area contributed by atoms with E-state index in [4.69, 9.17) is 20.6 Å². The number of hydrogen-bond acceptors (Lipinski definition) is 5. The average Bonchev–Trinajstić information content (AvgIpc) is 2.78. The maximum atomic E-state index is 9.63. The molecule has 1 aromatic carbocycles. The molecular weight excluding hydrogens is 220 g/mol. The van der Waals surface area contributed by atoms with Crippen molar-refractivity contribution in [1.82, 2.24) is 0 Å². The maximum Gasteiger partial charge on any atom is 0.215 e. The summed E-state index contributed by atoms with van der Waals surface area (Å²) in [6.45, 7) is 0.205. The zero-order valence-electron chi connectivity index (χ0n) is 9.17. The first-order valence-electron chi connectivity index (χ1n) is 5.13. The van der Waals surface area contributed by atoms with Crippen molar-refractivity contribution in [1.29, 1.82) is 0 Å². The van der Waals surface area contributed by atoms with E-state index in [1.165, 1.54) is 6.26 Å². The van der Waals surface area contributed by atoms with Crippen LogP contribution in [-0.2, 0) is 11.3 Å². The first-order valence-corrected chi connectivity index (χ1v) is 5.13. The molecule has 1 heterocycles. The standard InChI is InChI=1S/C12H14N2O3/c13-9-4-8(5-10(14)6-9)7-17-12(15)11-2-1-3-16-11/h1-6,12,15H,7,13-14H2. The number of aliphatic hydroxyl groups excluding tert-OH is 1. The van der Waals surface area contributed by atoms with E-state index in [0.29, 0.717) is 17.1 Å². The summed E-state index contributed by atoms with van der Waals surface area (Å²) in [4.78, 5) is 0.